The van der Waals surface area contributed by atoms with Crippen LogP contribution in [0.3, 0.4) is 0 Å². The molecule has 0 spiro atoms. The average Bonchev–Trinajstić information content (AvgIpc) is 2.34. The van der Waals surface area contributed by atoms with E-state index in [0.717, 1.165) is 11.1 Å². The van der Waals surface area contributed by atoms with Gasteiger partial charge in [0, 0.05) is 12.6 Å². The first-order valence-electron chi connectivity index (χ1n) is 6.24. The summed E-state index contributed by atoms with van der Waals surface area (Å²) in [5.74, 6) is -0.178. The first-order chi connectivity index (χ1) is 8.52. The van der Waals surface area contributed by atoms with Crippen molar-refractivity contribution in [3.63, 3.8) is 0 Å². The van der Waals surface area contributed by atoms with E-state index in [1.54, 1.807) is 6.08 Å². The highest BCUT2D eigenvalue weighted by Crippen LogP contribution is 2.11. The molecule has 3 heteroatoms. The molecular weight excluding hydrogens is 226 g/mol. The molecule has 1 unspecified atom stereocenters. The van der Waals surface area contributed by atoms with Crippen LogP contribution in [0.15, 0.2) is 24.3 Å². The van der Waals surface area contributed by atoms with Crippen LogP contribution in [0.2, 0.25) is 0 Å². The van der Waals surface area contributed by atoms with E-state index in [0.29, 0.717) is 13.0 Å². The van der Waals surface area contributed by atoms with Gasteiger partial charge in [-0.1, -0.05) is 30.7 Å². The number of benzene rings is 1. The molecule has 1 aromatic carbocycles. The van der Waals surface area contributed by atoms with E-state index >= 15 is 0 Å². The highest BCUT2D eigenvalue weighted by molar-refractivity contribution is 5.91. The van der Waals surface area contributed by atoms with Crippen molar-refractivity contribution in [1.82, 2.24) is 5.32 Å². The Hall–Kier alpha value is -1.61. The van der Waals surface area contributed by atoms with Crippen LogP contribution in [-0.4, -0.2) is 23.7 Å². The van der Waals surface area contributed by atoms with Crippen LogP contribution >= 0.6 is 0 Å². The first kappa shape index (κ1) is 14.5. The minimum absolute atomic E-state index is 0.178. The molecule has 2 N–H and O–H groups in total. The Labute approximate surface area is 109 Å². The SMILES string of the molecule is CCC(O)CNC(=O)/C=C/c1ccc(C)cc1C. The summed E-state index contributed by atoms with van der Waals surface area (Å²) in [6.07, 6.45) is 3.47. The number of amides is 1. The lowest BCUT2D eigenvalue weighted by Crippen LogP contribution is -2.30. The standard InChI is InChI=1S/C15H21NO2/c1-4-14(17)10-16-15(18)8-7-13-6-5-11(2)9-12(13)3/h5-9,14,17H,4,10H2,1-3H3,(H,16,18)/b8-7+. The summed E-state index contributed by atoms with van der Waals surface area (Å²) in [5, 5.41) is 12.0. The number of nitrogens with one attached hydrogen (secondary N) is 1. The molecular formula is C15H21NO2. The summed E-state index contributed by atoms with van der Waals surface area (Å²) >= 11 is 0. The molecule has 0 aromatic heterocycles. The first-order valence-corrected chi connectivity index (χ1v) is 6.24. The fourth-order valence-corrected chi connectivity index (χ4v) is 1.60. The zero-order chi connectivity index (χ0) is 13.5. The van der Waals surface area contributed by atoms with Crippen LogP contribution in [0.4, 0.5) is 0 Å². The van der Waals surface area contributed by atoms with Crippen LogP contribution in [0.25, 0.3) is 6.08 Å². The lowest BCUT2D eigenvalue weighted by atomic mass is 10.1. The maximum Gasteiger partial charge on any atom is 0.244 e. The number of carbonyl (C=O) groups is 1. The van der Waals surface area contributed by atoms with Gasteiger partial charge in [0.2, 0.25) is 5.91 Å². The van der Waals surface area contributed by atoms with Crippen molar-refractivity contribution in [2.45, 2.75) is 33.3 Å². The highest BCUT2D eigenvalue weighted by Gasteiger charge is 2.02. The van der Waals surface area contributed by atoms with Gasteiger partial charge in [-0.25, -0.2) is 0 Å². The molecule has 0 saturated carbocycles. The number of aryl methyl sites for hydroxylation is 2. The number of rotatable bonds is 5. The van der Waals surface area contributed by atoms with Crippen molar-refractivity contribution in [2.24, 2.45) is 0 Å². The predicted molar refractivity (Wildman–Crippen MR) is 74.3 cm³/mol. The minimum Gasteiger partial charge on any atom is -0.391 e. The lowest BCUT2D eigenvalue weighted by molar-refractivity contribution is -0.116. The molecule has 98 valence electrons. The Morgan fingerprint density at radius 2 is 2.17 bits per heavy atom. The molecule has 0 fully saturated rings. The maximum absolute atomic E-state index is 11.5. The Kier molecular flexibility index (Phi) is 5.59. The molecule has 0 radical (unpaired) electrons. The Morgan fingerprint density at radius 1 is 1.44 bits per heavy atom. The Morgan fingerprint density at radius 3 is 2.78 bits per heavy atom. The molecule has 0 aliphatic carbocycles. The summed E-state index contributed by atoms with van der Waals surface area (Å²) in [5.41, 5.74) is 3.39. The third kappa shape index (κ3) is 4.72. The molecule has 0 saturated heterocycles. The van der Waals surface area contributed by atoms with Crippen LogP contribution in [0.1, 0.15) is 30.0 Å². The Balaban J connectivity index is 2.55. The molecule has 0 heterocycles. The molecule has 0 aliphatic heterocycles. The van der Waals surface area contributed by atoms with Crippen molar-refractivity contribution in [2.75, 3.05) is 6.54 Å². The van der Waals surface area contributed by atoms with E-state index in [-0.39, 0.29) is 5.91 Å². The topological polar surface area (TPSA) is 49.3 Å². The van der Waals surface area contributed by atoms with E-state index in [4.69, 9.17) is 0 Å². The van der Waals surface area contributed by atoms with Crippen LogP contribution in [0.5, 0.6) is 0 Å². The molecule has 1 rings (SSSR count). The molecule has 0 bridgehead atoms. The van der Waals surface area contributed by atoms with Crippen LogP contribution in [-0.2, 0) is 4.79 Å². The monoisotopic (exact) mass is 247 g/mol. The molecule has 1 atom stereocenters. The summed E-state index contributed by atoms with van der Waals surface area (Å²) < 4.78 is 0. The van der Waals surface area contributed by atoms with Gasteiger partial charge in [0.25, 0.3) is 0 Å². The largest absolute Gasteiger partial charge is 0.391 e. The van der Waals surface area contributed by atoms with Crippen molar-refractivity contribution < 1.29 is 9.90 Å². The highest BCUT2D eigenvalue weighted by atomic mass is 16.3. The second kappa shape index (κ2) is 6.97. The number of aliphatic hydroxyl groups excluding tert-OH is 1. The van der Waals surface area contributed by atoms with Gasteiger partial charge in [0.15, 0.2) is 0 Å². The van der Waals surface area contributed by atoms with Crippen LogP contribution < -0.4 is 5.32 Å². The van der Waals surface area contributed by atoms with Gasteiger partial charge in [-0.05, 0) is 37.5 Å². The van der Waals surface area contributed by atoms with Crippen molar-refractivity contribution in [3.05, 3.63) is 41.0 Å². The van der Waals surface area contributed by atoms with Gasteiger partial charge in [0.05, 0.1) is 6.10 Å². The van der Waals surface area contributed by atoms with Crippen molar-refractivity contribution in [3.8, 4) is 0 Å². The van der Waals surface area contributed by atoms with Gasteiger partial charge in [0.1, 0.15) is 0 Å². The normalized spacial score (nSPS) is 12.7. The van der Waals surface area contributed by atoms with Crippen molar-refractivity contribution in [1.29, 1.82) is 0 Å². The number of hydrogen-bond donors (Lipinski definition) is 2. The number of carbonyl (C=O) groups excluding carboxylic acids is 1. The fourth-order valence-electron chi connectivity index (χ4n) is 1.60. The number of aliphatic hydroxyl groups is 1. The summed E-state index contributed by atoms with van der Waals surface area (Å²) in [6.45, 7) is 6.24. The summed E-state index contributed by atoms with van der Waals surface area (Å²) in [7, 11) is 0. The third-order valence-electron chi connectivity index (χ3n) is 2.82. The van der Waals surface area contributed by atoms with Gasteiger partial charge >= 0.3 is 0 Å². The molecule has 0 aliphatic rings. The molecule has 18 heavy (non-hydrogen) atoms. The van der Waals surface area contributed by atoms with Crippen molar-refractivity contribution >= 4 is 12.0 Å². The van der Waals surface area contributed by atoms with Gasteiger partial charge < -0.3 is 10.4 Å². The van der Waals surface area contributed by atoms with Gasteiger partial charge in [-0.2, -0.15) is 0 Å². The smallest absolute Gasteiger partial charge is 0.244 e. The summed E-state index contributed by atoms with van der Waals surface area (Å²) in [6, 6.07) is 6.10. The van der Waals surface area contributed by atoms with E-state index in [1.807, 2.05) is 32.9 Å². The second-order valence-electron chi connectivity index (χ2n) is 4.50. The van der Waals surface area contributed by atoms with Crippen LogP contribution in [0, 0.1) is 13.8 Å². The maximum atomic E-state index is 11.5. The Bertz CT molecular complexity index is 438. The molecule has 3 nitrogen and oxygen atoms in total. The van der Waals surface area contributed by atoms with E-state index in [9.17, 15) is 9.90 Å². The van der Waals surface area contributed by atoms with Gasteiger partial charge in [-0.3, -0.25) is 4.79 Å². The zero-order valence-electron chi connectivity index (χ0n) is 11.2. The summed E-state index contributed by atoms with van der Waals surface area (Å²) in [4.78, 5) is 11.5. The van der Waals surface area contributed by atoms with E-state index < -0.39 is 6.10 Å². The average molecular weight is 247 g/mol. The van der Waals surface area contributed by atoms with E-state index in [2.05, 4.69) is 11.4 Å². The van der Waals surface area contributed by atoms with E-state index in [1.165, 1.54) is 11.6 Å². The number of hydrogen-bond acceptors (Lipinski definition) is 2. The third-order valence-corrected chi connectivity index (χ3v) is 2.82. The quantitative estimate of drug-likeness (QED) is 0.784. The van der Waals surface area contributed by atoms with Gasteiger partial charge in [-0.15, -0.1) is 0 Å². The predicted octanol–water partition coefficient (Wildman–Crippen LogP) is 2.20. The molecule has 1 aromatic rings. The molecule has 1 amide bonds. The zero-order valence-corrected chi connectivity index (χ0v) is 11.2. The second-order valence-corrected chi connectivity index (χ2v) is 4.50. The minimum atomic E-state index is -0.469. The fraction of sp³-hybridized carbons (Fsp3) is 0.400. The lowest BCUT2D eigenvalue weighted by Gasteiger charge is -2.07.